The van der Waals surface area contributed by atoms with Crippen molar-refractivity contribution in [2.75, 3.05) is 4.90 Å². The van der Waals surface area contributed by atoms with Crippen LogP contribution in [0.2, 0.25) is 0 Å². The van der Waals surface area contributed by atoms with E-state index >= 15 is 0 Å². The van der Waals surface area contributed by atoms with Gasteiger partial charge in [0.2, 0.25) is 0 Å². The van der Waals surface area contributed by atoms with Gasteiger partial charge in [-0.25, -0.2) is 9.97 Å². The molecule has 0 spiro atoms. The summed E-state index contributed by atoms with van der Waals surface area (Å²) in [7, 11) is 1.92. The van der Waals surface area contributed by atoms with Crippen molar-refractivity contribution in [3.63, 3.8) is 0 Å². The molecule has 2 aromatic rings. The minimum Gasteiger partial charge on any atom is -0.393 e. The van der Waals surface area contributed by atoms with E-state index in [1.807, 2.05) is 24.9 Å². The largest absolute Gasteiger partial charge is 0.393 e. The van der Waals surface area contributed by atoms with Gasteiger partial charge in [0.1, 0.15) is 11.6 Å². The van der Waals surface area contributed by atoms with Crippen molar-refractivity contribution in [2.24, 2.45) is 7.05 Å². The fourth-order valence-electron chi connectivity index (χ4n) is 4.01. The van der Waals surface area contributed by atoms with Gasteiger partial charge in [0.15, 0.2) is 5.65 Å². The van der Waals surface area contributed by atoms with Crippen LogP contribution >= 0.6 is 0 Å². The average Bonchev–Trinajstić information content (AvgIpc) is 2.79. The summed E-state index contributed by atoms with van der Waals surface area (Å²) in [6.45, 7) is 1.94. The third-order valence-corrected chi connectivity index (χ3v) is 4.88. The lowest BCUT2D eigenvalue weighted by atomic mass is 9.83. The van der Waals surface area contributed by atoms with Crippen LogP contribution in [0.4, 0.5) is 5.82 Å². The number of aliphatic hydroxyl groups excluding tert-OH is 1. The predicted octanol–water partition coefficient (Wildman–Crippen LogP) is 1.55. The summed E-state index contributed by atoms with van der Waals surface area (Å²) < 4.78 is 1.81. The van der Waals surface area contributed by atoms with Gasteiger partial charge in [-0.1, -0.05) is 0 Å². The van der Waals surface area contributed by atoms with Gasteiger partial charge in [0, 0.05) is 19.1 Å². The summed E-state index contributed by atoms with van der Waals surface area (Å²) in [5.74, 6) is 1.79. The zero-order valence-corrected chi connectivity index (χ0v) is 12.5. The summed E-state index contributed by atoms with van der Waals surface area (Å²) in [4.78, 5) is 11.7. The van der Waals surface area contributed by atoms with Crippen LogP contribution in [-0.4, -0.2) is 43.0 Å². The van der Waals surface area contributed by atoms with Crippen molar-refractivity contribution in [3.05, 3.63) is 12.0 Å². The Kier molecular flexibility index (Phi) is 2.89. The second-order valence-electron chi connectivity index (χ2n) is 6.37. The molecular weight excluding hydrogens is 266 g/mol. The molecule has 0 saturated carbocycles. The van der Waals surface area contributed by atoms with Crippen LogP contribution in [0.15, 0.2) is 6.20 Å². The lowest BCUT2D eigenvalue weighted by Gasteiger charge is -2.48. The molecule has 2 bridgehead atoms. The molecule has 2 fully saturated rings. The summed E-state index contributed by atoms with van der Waals surface area (Å²) in [6, 6.07) is 0.787. The molecule has 2 aromatic heterocycles. The van der Waals surface area contributed by atoms with Gasteiger partial charge in [0.05, 0.1) is 17.7 Å². The van der Waals surface area contributed by atoms with Crippen LogP contribution in [-0.2, 0) is 7.05 Å². The highest BCUT2D eigenvalue weighted by atomic mass is 16.3. The molecule has 4 rings (SSSR count). The average molecular weight is 287 g/mol. The maximum absolute atomic E-state index is 10.1. The first-order valence-corrected chi connectivity index (χ1v) is 7.76. The predicted molar refractivity (Wildman–Crippen MR) is 80.2 cm³/mol. The van der Waals surface area contributed by atoms with Gasteiger partial charge in [-0.15, -0.1) is 0 Å². The summed E-state index contributed by atoms with van der Waals surface area (Å²) in [5.41, 5.74) is 0.890. The molecular formula is C15H21N5O. The van der Waals surface area contributed by atoms with E-state index in [0.717, 1.165) is 48.4 Å². The molecule has 6 heteroatoms. The Morgan fingerprint density at radius 2 is 1.90 bits per heavy atom. The maximum atomic E-state index is 10.1. The smallest absolute Gasteiger partial charge is 0.163 e. The highest BCUT2D eigenvalue weighted by Crippen LogP contribution is 2.39. The second kappa shape index (κ2) is 4.66. The third-order valence-electron chi connectivity index (χ3n) is 4.88. The van der Waals surface area contributed by atoms with E-state index in [2.05, 4.69) is 15.0 Å². The zero-order valence-electron chi connectivity index (χ0n) is 12.5. The first-order valence-electron chi connectivity index (χ1n) is 7.76. The van der Waals surface area contributed by atoms with Crippen molar-refractivity contribution >= 4 is 16.9 Å². The SMILES string of the molecule is Cc1nc(N2[C@@H]3CCC[C@H]2CC(O)C3)c2cnn(C)c2n1. The Balaban J connectivity index is 1.86. The van der Waals surface area contributed by atoms with Gasteiger partial charge < -0.3 is 10.0 Å². The molecule has 3 atom stereocenters. The van der Waals surface area contributed by atoms with Crippen molar-refractivity contribution in [2.45, 2.75) is 57.2 Å². The number of aryl methyl sites for hydroxylation is 2. The molecule has 1 N–H and O–H groups in total. The number of nitrogens with zero attached hydrogens (tertiary/aromatic N) is 5. The monoisotopic (exact) mass is 287 g/mol. The van der Waals surface area contributed by atoms with Crippen LogP contribution in [0.3, 0.4) is 0 Å². The van der Waals surface area contributed by atoms with Crippen LogP contribution < -0.4 is 4.90 Å². The van der Waals surface area contributed by atoms with Crippen LogP contribution in [0.5, 0.6) is 0 Å². The number of aromatic nitrogens is 4. The molecule has 0 aliphatic carbocycles. The highest BCUT2D eigenvalue weighted by Gasteiger charge is 2.39. The van der Waals surface area contributed by atoms with Gasteiger partial charge in [-0.2, -0.15) is 5.10 Å². The molecule has 2 aliphatic heterocycles. The first kappa shape index (κ1) is 13.0. The van der Waals surface area contributed by atoms with E-state index in [4.69, 9.17) is 4.98 Å². The molecule has 2 aliphatic rings. The third kappa shape index (κ3) is 2.00. The number of hydrogen-bond donors (Lipinski definition) is 1. The Morgan fingerprint density at radius 3 is 2.62 bits per heavy atom. The fraction of sp³-hybridized carbons (Fsp3) is 0.667. The van der Waals surface area contributed by atoms with Crippen LogP contribution in [0.25, 0.3) is 11.0 Å². The Morgan fingerprint density at radius 1 is 1.19 bits per heavy atom. The molecule has 6 nitrogen and oxygen atoms in total. The van der Waals surface area contributed by atoms with Crippen molar-refractivity contribution in [1.82, 2.24) is 19.7 Å². The Hall–Kier alpha value is -1.69. The number of fused-ring (bicyclic) bond motifs is 3. The summed E-state index contributed by atoms with van der Waals surface area (Å²) in [6.07, 6.45) is 6.92. The van der Waals surface area contributed by atoms with Gasteiger partial charge >= 0.3 is 0 Å². The van der Waals surface area contributed by atoms with Gasteiger partial charge in [-0.3, -0.25) is 4.68 Å². The van der Waals surface area contributed by atoms with Gasteiger partial charge in [-0.05, 0) is 39.0 Å². The topological polar surface area (TPSA) is 67.1 Å². The molecule has 0 radical (unpaired) electrons. The lowest BCUT2D eigenvalue weighted by Crippen LogP contribution is -2.54. The summed E-state index contributed by atoms with van der Waals surface area (Å²) >= 11 is 0. The van der Waals surface area contributed by atoms with E-state index in [9.17, 15) is 5.11 Å². The molecule has 4 heterocycles. The number of hydrogen-bond acceptors (Lipinski definition) is 5. The Labute approximate surface area is 123 Å². The lowest BCUT2D eigenvalue weighted by molar-refractivity contribution is 0.0925. The normalized spacial score (nSPS) is 29.1. The fourth-order valence-corrected chi connectivity index (χ4v) is 4.01. The second-order valence-corrected chi connectivity index (χ2v) is 6.37. The van der Waals surface area contributed by atoms with E-state index in [0.29, 0.717) is 12.1 Å². The van der Waals surface area contributed by atoms with Crippen LogP contribution in [0, 0.1) is 6.92 Å². The molecule has 2 saturated heterocycles. The number of aliphatic hydroxyl groups is 1. The molecule has 0 aromatic carbocycles. The molecule has 0 amide bonds. The zero-order chi connectivity index (χ0) is 14.6. The van der Waals surface area contributed by atoms with Gasteiger partial charge in [0.25, 0.3) is 0 Å². The number of rotatable bonds is 1. The summed E-state index contributed by atoms with van der Waals surface area (Å²) in [5, 5.41) is 15.4. The van der Waals surface area contributed by atoms with Crippen LogP contribution in [0.1, 0.15) is 37.9 Å². The van der Waals surface area contributed by atoms with E-state index in [1.165, 1.54) is 6.42 Å². The van der Waals surface area contributed by atoms with Crippen molar-refractivity contribution in [1.29, 1.82) is 0 Å². The number of piperidine rings is 2. The standard InChI is InChI=1S/C15H21N5O/c1-9-17-14-13(8-16-19(14)2)15(18-9)20-10-4-3-5-11(20)7-12(21)6-10/h8,10-12,21H,3-7H2,1-2H3/t10-,11+,12?. The Bertz CT molecular complexity index is 668. The molecule has 1 unspecified atom stereocenters. The minimum absolute atomic E-state index is 0.163. The number of anilines is 1. The van der Waals surface area contributed by atoms with Crippen molar-refractivity contribution < 1.29 is 5.11 Å². The van der Waals surface area contributed by atoms with E-state index in [-0.39, 0.29) is 6.10 Å². The minimum atomic E-state index is -0.163. The first-order chi connectivity index (χ1) is 10.1. The van der Waals surface area contributed by atoms with Crippen molar-refractivity contribution in [3.8, 4) is 0 Å². The molecule has 112 valence electrons. The maximum Gasteiger partial charge on any atom is 0.163 e. The highest BCUT2D eigenvalue weighted by molar-refractivity contribution is 5.87. The quantitative estimate of drug-likeness (QED) is 0.862. The molecule has 21 heavy (non-hydrogen) atoms. The van der Waals surface area contributed by atoms with E-state index in [1.54, 1.807) is 0 Å². The van der Waals surface area contributed by atoms with E-state index < -0.39 is 0 Å².